The molecule has 0 aromatic rings. The number of carbonyl (C=O) groups excluding carboxylic acids is 1. The molecule has 0 aliphatic carbocycles. The molecule has 0 aromatic carbocycles. The normalized spacial score (nSPS) is 10.3. The molecule has 0 aromatic heterocycles. The fraction of sp³-hybridized carbons (Fsp3) is 0.909. The van der Waals surface area contributed by atoms with Crippen molar-refractivity contribution in [2.45, 2.75) is 58.3 Å². The van der Waals surface area contributed by atoms with E-state index in [1.165, 1.54) is 32.1 Å². The Labute approximate surface area is 80.7 Å². The fourth-order valence-corrected chi connectivity index (χ4v) is 1.35. The monoisotopic (exact) mass is 188 g/mol. The van der Waals surface area contributed by atoms with E-state index >= 15 is 0 Å². The van der Waals surface area contributed by atoms with E-state index in [1.54, 1.807) is 0 Å². The lowest BCUT2D eigenvalue weighted by atomic mass is 10.1. The molecule has 0 saturated heterocycles. The average molecular weight is 188 g/mol. The molecule has 0 unspecified atom stereocenters. The standard InChI is InChI=1S/C11H21FO/c1-2-3-4-5-6-7-8-9-11(13)10-12/h2-10H2,1H3. The number of rotatable bonds is 9. The average Bonchev–Trinajstić information content (AvgIpc) is 2.16. The highest BCUT2D eigenvalue weighted by Gasteiger charge is 1.99. The van der Waals surface area contributed by atoms with Gasteiger partial charge in [0.05, 0.1) is 0 Å². The third kappa shape index (κ3) is 9.51. The molecule has 0 fully saturated rings. The van der Waals surface area contributed by atoms with Crippen molar-refractivity contribution in [1.82, 2.24) is 0 Å². The van der Waals surface area contributed by atoms with Crippen LogP contribution in [0.4, 0.5) is 4.39 Å². The van der Waals surface area contributed by atoms with Crippen molar-refractivity contribution in [3.63, 3.8) is 0 Å². The topological polar surface area (TPSA) is 17.1 Å². The SMILES string of the molecule is CCCCCCCCCC(=O)CF. The number of ketones is 1. The van der Waals surface area contributed by atoms with Gasteiger partial charge in [-0.15, -0.1) is 0 Å². The minimum absolute atomic E-state index is 0.242. The molecule has 78 valence electrons. The summed E-state index contributed by atoms with van der Waals surface area (Å²) >= 11 is 0. The van der Waals surface area contributed by atoms with Crippen LogP contribution in [-0.2, 0) is 4.79 Å². The molecule has 1 nitrogen and oxygen atoms in total. The quantitative estimate of drug-likeness (QED) is 0.505. The smallest absolute Gasteiger partial charge is 0.163 e. The van der Waals surface area contributed by atoms with Gasteiger partial charge in [0, 0.05) is 6.42 Å². The van der Waals surface area contributed by atoms with Gasteiger partial charge in [0.1, 0.15) is 6.67 Å². The summed E-state index contributed by atoms with van der Waals surface area (Å²) in [4.78, 5) is 10.6. The van der Waals surface area contributed by atoms with Gasteiger partial charge in [-0.2, -0.15) is 0 Å². The van der Waals surface area contributed by atoms with E-state index in [2.05, 4.69) is 6.92 Å². The first-order valence-corrected chi connectivity index (χ1v) is 5.39. The minimum Gasteiger partial charge on any atom is -0.297 e. The van der Waals surface area contributed by atoms with Gasteiger partial charge in [0.25, 0.3) is 0 Å². The lowest BCUT2D eigenvalue weighted by Gasteiger charge is -1.99. The second-order valence-electron chi connectivity index (χ2n) is 3.54. The van der Waals surface area contributed by atoms with E-state index in [4.69, 9.17) is 0 Å². The summed E-state index contributed by atoms with van der Waals surface area (Å²) in [5.41, 5.74) is 0. The zero-order valence-corrected chi connectivity index (χ0v) is 8.65. The maximum absolute atomic E-state index is 11.7. The third-order valence-corrected chi connectivity index (χ3v) is 2.21. The Hall–Kier alpha value is -0.400. The maximum Gasteiger partial charge on any atom is 0.163 e. The summed E-state index contributed by atoms with van der Waals surface area (Å²) in [7, 11) is 0. The molecule has 0 spiro atoms. The van der Waals surface area contributed by atoms with E-state index in [1.807, 2.05) is 0 Å². The highest BCUT2D eigenvalue weighted by atomic mass is 19.1. The van der Waals surface area contributed by atoms with Crippen molar-refractivity contribution in [3.05, 3.63) is 0 Å². The van der Waals surface area contributed by atoms with Gasteiger partial charge in [-0.25, -0.2) is 4.39 Å². The maximum atomic E-state index is 11.7. The minimum atomic E-state index is -0.782. The number of alkyl halides is 1. The first-order valence-electron chi connectivity index (χ1n) is 5.39. The highest BCUT2D eigenvalue weighted by molar-refractivity contribution is 5.79. The fourth-order valence-electron chi connectivity index (χ4n) is 1.35. The Kier molecular flexibility index (Phi) is 9.39. The first kappa shape index (κ1) is 12.6. The third-order valence-electron chi connectivity index (χ3n) is 2.21. The number of carbonyl (C=O) groups is 1. The van der Waals surface area contributed by atoms with Crippen LogP contribution in [0.2, 0.25) is 0 Å². The number of hydrogen-bond donors (Lipinski definition) is 0. The molecule has 0 saturated carbocycles. The first-order chi connectivity index (χ1) is 6.31. The molecule has 0 radical (unpaired) electrons. The van der Waals surface area contributed by atoms with Crippen LogP contribution in [0.5, 0.6) is 0 Å². The predicted molar refractivity (Wildman–Crippen MR) is 53.6 cm³/mol. The molecule has 2 heteroatoms. The van der Waals surface area contributed by atoms with Gasteiger partial charge in [-0.3, -0.25) is 4.79 Å². The number of halogens is 1. The predicted octanol–water partition coefficient (Wildman–Crippen LogP) is 3.67. The second-order valence-corrected chi connectivity index (χ2v) is 3.54. The van der Waals surface area contributed by atoms with Crippen molar-refractivity contribution in [2.75, 3.05) is 6.67 Å². The van der Waals surface area contributed by atoms with Crippen LogP contribution >= 0.6 is 0 Å². The summed E-state index contributed by atoms with van der Waals surface area (Å²) in [6, 6.07) is 0. The van der Waals surface area contributed by atoms with E-state index in [-0.39, 0.29) is 5.78 Å². The van der Waals surface area contributed by atoms with Crippen molar-refractivity contribution in [3.8, 4) is 0 Å². The van der Waals surface area contributed by atoms with Crippen molar-refractivity contribution in [2.24, 2.45) is 0 Å². The van der Waals surface area contributed by atoms with E-state index in [9.17, 15) is 9.18 Å². The Morgan fingerprint density at radius 2 is 1.54 bits per heavy atom. The Morgan fingerprint density at radius 1 is 1.00 bits per heavy atom. The van der Waals surface area contributed by atoms with Crippen molar-refractivity contribution >= 4 is 5.78 Å². The lowest BCUT2D eigenvalue weighted by Crippen LogP contribution is -1.98. The van der Waals surface area contributed by atoms with Gasteiger partial charge in [-0.05, 0) is 6.42 Å². The lowest BCUT2D eigenvalue weighted by molar-refractivity contribution is -0.120. The highest BCUT2D eigenvalue weighted by Crippen LogP contribution is 2.08. The number of unbranched alkanes of at least 4 members (excludes halogenated alkanes) is 6. The molecular formula is C11H21FO. The van der Waals surface area contributed by atoms with Crippen LogP contribution in [0, 0.1) is 0 Å². The van der Waals surface area contributed by atoms with Gasteiger partial charge in [-0.1, -0.05) is 45.4 Å². The van der Waals surface area contributed by atoms with Gasteiger partial charge >= 0.3 is 0 Å². The zero-order chi connectivity index (χ0) is 9.94. The molecule has 0 N–H and O–H groups in total. The van der Waals surface area contributed by atoms with Crippen LogP contribution in [-0.4, -0.2) is 12.5 Å². The van der Waals surface area contributed by atoms with Crippen LogP contribution in [0.3, 0.4) is 0 Å². The van der Waals surface area contributed by atoms with E-state index in [0.29, 0.717) is 6.42 Å². The van der Waals surface area contributed by atoms with Gasteiger partial charge in [0.2, 0.25) is 0 Å². The van der Waals surface area contributed by atoms with Gasteiger partial charge < -0.3 is 0 Å². The molecule has 0 heterocycles. The second kappa shape index (κ2) is 9.69. The number of hydrogen-bond acceptors (Lipinski definition) is 1. The summed E-state index contributed by atoms with van der Waals surface area (Å²) < 4.78 is 11.7. The molecule has 0 atom stereocenters. The molecular weight excluding hydrogens is 167 g/mol. The summed E-state index contributed by atoms with van der Waals surface area (Å²) in [5.74, 6) is -0.242. The van der Waals surface area contributed by atoms with E-state index < -0.39 is 6.67 Å². The molecule has 0 rings (SSSR count). The molecule has 0 bridgehead atoms. The largest absolute Gasteiger partial charge is 0.297 e. The van der Waals surface area contributed by atoms with E-state index in [0.717, 1.165) is 12.8 Å². The summed E-state index contributed by atoms with van der Waals surface area (Å²) in [5, 5.41) is 0. The number of Topliss-reactive ketones (excluding diaryl/α,β-unsaturated/α-hetero) is 1. The Morgan fingerprint density at radius 3 is 2.08 bits per heavy atom. The Balaban J connectivity index is 2.95. The Bertz CT molecular complexity index is 123. The molecule has 0 aliphatic rings. The van der Waals surface area contributed by atoms with Gasteiger partial charge in [0.15, 0.2) is 5.78 Å². The van der Waals surface area contributed by atoms with Crippen LogP contribution in [0.25, 0.3) is 0 Å². The summed E-state index contributed by atoms with van der Waals surface area (Å²) in [6.07, 6.45) is 8.71. The molecule has 0 aliphatic heterocycles. The summed E-state index contributed by atoms with van der Waals surface area (Å²) in [6.45, 7) is 1.41. The molecule has 13 heavy (non-hydrogen) atoms. The molecule has 0 amide bonds. The van der Waals surface area contributed by atoms with Crippen LogP contribution in [0.1, 0.15) is 58.3 Å². The zero-order valence-electron chi connectivity index (χ0n) is 8.65. The van der Waals surface area contributed by atoms with Crippen molar-refractivity contribution in [1.29, 1.82) is 0 Å². The van der Waals surface area contributed by atoms with Crippen LogP contribution in [0.15, 0.2) is 0 Å². The van der Waals surface area contributed by atoms with Crippen LogP contribution < -0.4 is 0 Å². The van der Waals surface area contributed by atoms with Crippen molar-refractivity contribution < 1.29 is 9.18 Å².